The van der Waals surface area contributed by atoms with Crippen LogP contribution in [0.2, 0.25) is 0 Å². The van der Waals surface area contributed by atoms with E-state index in [2.05, 4.69) is 69.4 Å². The molecule has 0 saturated carbocycles. The van der Waals surface area contributed by atoms with Gasteiger partial charge in [0.25, 0.3) is 0 Å². The van der Waals surface area contributed by atoms with Crippen LogP contribution in [0.4, 0.5) is 0 Å². The lowest BCUT2D eigenvalue weighted by atomic mass is 9.93. The second-order valence-electron chi connectivity index (χ2n) is 8.10. The molecule has 1 aromatic heterocycles. The number of guanidine groups is 1. The third kappa shape index (κ3) is 9.56. The topological polar surface area (TPSA) is 52.6 Å². The van der Waals surface area contributed by atoms with Gasteiger partial charge in [-0.2, -0.15) is 0 Å². The van der Waals surface area contributed by atoms with E-state index in [4.69, 9.17) is 9.98 Å². The number of aliphatic imine (C=N–C) groups is 1. The monoisotopic (exact) mass is 395 g/mol. The van der Waals surface area contributed by atoms with Crippen LogP contribution < -0.4 is 10.6 Å². The van der Waals surface area contributed by atoms with E-state index in [0.717, 1.165) is 45.0 Å². The standard InChI is InChI=1S/C21H41N5S/c1-8-22-20(24-17(4)12-11-15-26(9-2)10-3)23-14-13-19-25-18(16-27-19)21(5,6)7/h16-17H,8-15H2,1-7H3,(H2,22,23,24). The summed E-state index contributed by atoms with van der Waals surface area (Å²) in [4.78, 5) is 12.0. The first kappa shape index (κ1) is 23.9. The van der Waals surface area contributed by atoms with Crippen molar-refractivity contribution in [3.8, 4) is 0 Å². The smallest absolute Gasteiger partial charge is 0.191 e. The van der Waals surface area contributed by atoms with Crippen molar-refractivity contribution in [2.45, 2.75) is 79.2 Å². The number of hydrogen-bond donors (Lipinski definition) is 2. The van der Waals surface area contributed by atoms with Gasteiger partial charge in [0.1, 0.15) is 0 Å². The molecule has 0 fully saturated rings. The van der Waals surface area contributed by atoms with Crippen LogP contribution in [0.15, 0.2) is 10.4 Å². The minimum Gasteiger partial charge on any atom is -0.357 e. The zero-order valence-corrected chi connectivity index (χ0v) is 19.4. The van der Waals surface area contributed by atoms with Gasteiger partial charge in [-0.3, -0.25) is 4.99 Å². The van der Waals surface area contributed by atoms with Crippen molar-refractivity contribution in [2.24, 2.45) is 4.99 Å². The molecule has 1 atom stereocenters. The summed E-state index contributed by atoms with van der Waals surface area (Å²) in [5, 5.41) is 10.3. The molecule has 0 radical (unpaired) electrons. The zero-order valence-electron chi connectivity index (χ0n) is 18.6. The van der Waals surface area contributed by atoms with Crippen molar-refractivity contribution in [2.75, 3.05) is 32.7 Å². The highest BCUT2D eigenvalue weighted by atomic mass is 32.1. The molecular weight excluding hydrogens is 354 g/mol. The summed E-state index contributed by atoms with van der Waals surface area (Å²) in [5.41, 5.74) is 1.30. The molecule has 0 aliphatic rings. The summed E-state index contributed by atoms with van der Waals surface area (Å²) in [6, 6.07) is 0.422. The van der Waals surface area contributed by atoms with Crippen molar-refractivity contribution in [1.29, 1.82) is 0 Å². The molecule has 0 aromatic carbocycles. The third-order valence-corrected chi connectivity index (χ3v) is 5.56. The van der Waals surface area contributed by atoms with Crippen molar-refractivity contribution in [3.05, 3.63) is 16.1 Å². The maximum absolute atomic E-state index is 4.76. The van der Waals surface area contributed by atoms with Crippen LogP contribution in [0.1, 0.15) is 72.0 Å². The van der Waals surface area contributed by atoms with Gasteiger partial charge in [-0.25, -0.2) is 4.98 Å². The predicted molar refractivity (Wildman–Crippen MR) is 120 cm³/mol. The van der Waals surface area contributed by atoms with Crippen molar-refractivity contribution >= 4 is 17.3 Å². The van der Waals surface area contributed by atoms with E-state index in [-0.39, 0.29) is 5.41 Å². The summed E-state index contributed by atoms with van der Waals surface area (Å²) >= 11 is 1.75. The molecule has 0 aliphatic heterocycles. The maximum Gasteiger partial charge on any atom is 0.191 e. The number of nitrogens with zero attached hydrogens (tertiary/aromatic N) is 3. The molecular formula is C21H41N5S. The molecule has 0 aliphatic carbocycles. The summed E-state index contributed by atoms with van der Waals surface area (Å²) in [6.07, 6.45) is 3.26. The minimum absolute atomic E-state index is 0.120. The Kier molecular flexibility index (Phi) is 10.9. The van der Waals surface area contributed by atoms with Gasteiger partial charge in [0, 0.05) is 36.3 Å². The fraction of sp³-hybridized carbons (Fsp3) is 0.810. The van der Waals surface area contributed by atoms with Crippen molar-refractivity contribution in [3.63, 3.8) is 0 Å². The van der Waals surface area contributed by atoms with Crippen LogP contribution in [-0.4, -0.2) is 54.6 Å². The first-order chi connectivity index (χ1) is 12.8. The van der Waals surface area contributed by atoms with Crippen molar-refractivity contribution < 1.29 is 0 Å². The van der Waals surface area contributed by atoms with E-state index in [1.807, 2.05) is 0 Å². The van der Waals surface area contributed by atoms with Gasteiger partial charge in [0.2, 0.25) is 0 Å². The number of nitrogens with one attached hydrogen (secondary N) is 2. The first-order valence-electron chi connectivity index (χ1n) is 10.5. The summed E-state index contributed by atoms with van der Waals surface area (Å²) in [7, 11) is 0. The van der Waals surface area contributed by atoms with Gasteiger partial charge in [-0.15, -0.1) is 11.3 Å². The molecule has 2 N–H and O–H groups in total. The maximum atomic E-state index is 4.76. The Labute approximate surface area is 171 Å². The lowest BCUT2D eigenvalue weighted by Crippen LogP contribution is -2.42. The molecule has 0 bridgehead atoms. The Morgan fingerprint density at radius 1 is 1.26 bits per heavy atom. The van der Waals surface area contributed by atoms with Gasteiger partial charge >= 0.3 is 0 Å². The van der Waals surface area contributed by atoms with Gasteiger partial charge in [-0.05, 0) is 46.3 Å². The highest BCUT2D eigenvalue weighted by Gasteiger charge is 2.17. The average Bonchev–Trinajstić information content (AvgIpc) is 3.08. The molecule has 0 saturated heterocycles. The van der Waals surface area contributed by atoms with Gasteiger partial charge < -0.3 is 15.5 Å². The van der Waals surface area contributed by atoms with E-state index < -0.39 is 0 Å². The van der Waals surface area contributed by atoms with Gasteiger partial charge in [-0.1, -0.05) is 34.6 Å². The zero-order chi connectivity index (χ0) is 20.3. The van der Waals surface area contributed by atoms with Crippen LogP contribution in [-0.2, 0) is 11.8 Å². The lowest BCUT2D eigenvalue weighted by Gasteiger charge is -2.21. The third-order valence-electron chi connectivity index (χ3n) is 4.65. The van der Waals surface area contributed by atoms with Crippen LogP contribution in [0.5, 0.6) is 0 Å². The Hall–Kier alpha value is -1.14. The SMILES string of the molecule is CCNC(=NCCc1nc(C(C)(C)C)cs1)NC(C)CCCN(CC)CC. The molecule has 0 spiro atoms. The molecule has 27 heavy (non-hydrogen) atoms. The highest BCUT2D eigenvalue weighted by molar-refractivity contribution is 7.09. The van der Waals surface area contributed by atoms with Crippen LogP contribution in [0, 0.1) is 0 Å². The molecule has 156 valence electrons. The van der Waals surface area contributed by atoms with E-state index in [1.165, 1.54) is 23.7 Å². The van der Waals surface area contributed by atoms with E-state index >= 15 is 0 Å². The van der Waals surface area contributed by atoms with Crippen LogP contribution >= 0.6 is 11.3 Å². The largest absolute Gasteiger partial charge is 0.357 e. The molecule has 5 nitrogen and oxygen atoms in total. The molecule has 1 unspecified atom stereocenters. The normalized spacial score (nSPS) is 13.9. The summed E-state index contributed by atoms with van der Waals surface area (Å²) < 4.78 is 0. The Balaban J connectivity index is 2.46. The van der Waals surface area contributed by atoms with Gasteiger partial charge in [0.15, 0.2) is 5.96 Å². The fourth-order valence-electron chi connectivity index (χ4n) is 2.82. The molecule has 1 rings (SSSR count). The fourth-order valence-corrected chi connectivity index (χ4v) is 3.83. The summed E-state index contributed by atoms with van der Waals surface area (Å²) in [6.45, 7) is 20.5. The van der Waals surface area contributed by atoms with E-state index in [1.54, 1.807) is 11.3 Å². The molecule has 1 heterocycles. The Bertz CT molecular complexity index is 543. The first-order valence-corrected chi connectivity index (χ1v) is 11.4. The van der Waals surface area contributed by atoms with Gasteiger partial charge in [0.05, 0.1) is 10.7 Å². The number of aromatic nitrogens is 1. The Morgan fingerprint density at radius 3 is 2.52 bits per heavy atom. The lowest BCUT2D eigenvalue weighted by molar-refractivity contribution is 0.292. The molecule has 6 heteroatoms. The van der Waals surface area contributed by atoms with Crippen LogP contribution in [0.25, 0.3) is 0 Å². The van der Waals surface area contributed by atoms with Crippen molar-refractivity contribution in [1.82, 2.24) is 20.5 Å². The minimum atomic E-state index is 0.120. The van der Waals surface area contributed by atoms with E-state index in [0.29, 0.717) is 6.04 Å². The number of hydrogen-bond acceptors (Lipinski definition) is 4. The predicted octanol–water partition coefficient (Wildman–Crippen LogP) is 4.05. The summed E-state index contributed by atoms with van der Waals surface area (Å²) in [5.74, 6) is 0.917. The Morgan fingerprint density at radius 2 is 1.96 bits per heavy atom. The highest BCUT2D eigenvalue weighted by Crippen LogP contribution is 2.23. The van der Waals surface area contributed by atoms with Crippen LogP contribution in [0.3, 0.4) is 0 Å². The second-order valence-corrected chi connectivity index (χ2v) is 9.04. The quantitative estimate of drug-likeness (QED) is 0.438. The average molecular weight is 396 g/mol. The molecule has 0 amide bonds. The second kappa shape index (κ2) is 12.3. The number of rotatable bonds is 11. The van der Waals surface area contributed by atoms with E-state index in [9.17, 15) is 0 Å². The molecule has 1 aromatic rings. The number of thiazole rings is 1.